The Labute approximate surface area is 151 Å². The fourth-order valence-corrected chi connectivity index (χ4v) is 3.18. The fourth-order valence-electron chi connectivity index (χ4n) is 3.18. The molecule has 0 saturated carbocycles. The Morgan fingerprint density at radius 2 is 2.08 bits per heavy atom. The topological polar surface area (TPSA) is 67.4 Å². The van der Waals surface area contributed by atoms with Gasteiger partial charge in [-0.1, -0.05) is 18.2 Å². The zero-order valence-electron chi connectivity index (χ0n) is 14.6. The maximum atomic E-state index is 12.7. The molecule has 2 aromatic heterocycles. The number of carbonyl (C=O) groups is 1. The Morgan fingerprint density at radius 1 is 1.19 bits per heavy atom. The average Bonchev–Trinajstić information content (AvgIpc) is 2.68. The van der Waals surface area contributed by atoms with E-state index in [0.717, 1.165) is 29.7 Å². The largest absolute Gasteiger partial charge is 0.375 e. The first-order valence-corrected chi connectivity index (χ1v) is 8.68. The van der Waals surface area contributed by atoms with Gasteiger partial charge in [0.2, 0.25) is 0 Å². The Hall–Kier alpha value is -2.99. The molecular formula is C20H20N4O2. The predicted octanol–water partition coefficient (Wildman–Crippen LogP) is 3.11. The van der Waals surface area contributed by atoms with Crippen LogP contribution in [0.1, 0.15) is 17.4 Å². The number of hydrogen-bond acceptors (Lipinski definition) is 5. The van der Waals surface area contributed by atoms with Crippen molar-refractivity contribution in [2.45, 2.75) is 13.0 Å². The van der Waals surface area contributed by atoms with Gasteiger partial charge in [-0.3, -0.25) is 14.8 Å². The number of nitrogens with one attached hydrogen (secondary N) is 1. The molecule has 0 aliphatic carbocycles. The molecule has 1 amide bonds. The van der Waals surface area contributed by atoms with Crippen molar-refractivity contribution in [3.05, 3.63) is 60.6 Å². The molecule has 1 aromatic carbocycles. The molecule has 1 fully saturated rings. The Morgan fingerprint density at radius 3 is 2.96 bits per heavy atom. The van der Waals surface area contributed by atoms with Gasteiger partial charge in [-0.15, -0.1) is 0 Å². The monoisotopic (exact) mass is 348 g/mol. The lowest BCUT2D eigenvalue weighted by atomic mass is 10.2. The van der Waals surface area contributed by atoms with Crippen LogP contribution in [-0.4, -0.2) is 41.7 Å². The summed E-state index contributed by atoms with van der Waals surface area (Å²) in [6.45, 7) is 4.35. The Balaban J connectivity index is 1.57. The first kappa shape index (κ1) is 16.5. The fraction of sp³-hybridized carbons (Fsp3) is 0.250. The molecule has 132 valence electrons. The lowest BCUT2D eigenvalue weighted by Crippen LogP contribution is -2.41. The van der Waals surface area contributed by atoms with E-state index < -0.39 is 0 Å². The third-order valence-electron chi connectivity index (χ3n) is 4.46. The van der Waals surface area contributed by atoms with Crippen LogP contribution in [0.3, 0.4) is 0 Å². The number of ether oxygens (including phenoxy) is 1. The summed E-state index contributed by atoms with van der Waals surface area (Å²) in [4.78, 5) is 23.5. The molecule has 0 radical (unpaired) electrons. The molecular weight excluding hydrogens is 328 g/mol. The van der Waals surface area contributed by atoms with E-state index in [9.17, 15) is 4.79 Å². The minimum Gasteiger partial charge on any atom is -0.375 e. The molecule has 1 aliphatic rings. The minimum atomic E-state index is -0.244. The van der Waals surface area contributed by atoms with E-state index in [1.54, 1.807) is 12.4 Å². The van der Waals surface area contributed by atoms with Crippen molar-refractivity contribution < 1.29 is 9.53 Å². The maximum Gasteiger partial charge on any atom is 0.274 e. The van der Waals surface area contributed by atoms with Gasteiger partial charge in [0, 0.05) is 36.6 Å². The molecule has 3 aromatic rings. The second-order valence-corrected chi connectivity index (χ2v) is 6.36. The summed E-state index contributed by atoms with van der Waals surface area (Å²) in [5, 5.41) is 3.91. The average molecular weight is 348 g/mol. The maximum absolute atomic E-state index is 12.7. The first-order chi connectivity index (χ1) is 12.7. The predicted molar refractivity (Wildman–Crippen MR) is 102 cm³/mol. The van der Waals surface area contributed by atoms with Crippen LogP contribution in [-0.2, 0) is 4.74 Å². The quantitative estimate of drug-likeness (QED) is 0.788. The molecule has 1 N–H and O–H groups in total. The van der Waals surface area contributed by atoms with E-state index in [2.05, 4.69) is 27.1 Å². The molecule has 0 bridgehead atoms. The number of aromatic nitrogens is 2. The number of pyridine rings is 2. The van der Waals surface area contributed by atoms with Gasteiger partial charge in [0.15, 0.2) is 0 Å². The van der Waals surface area contributed by atoms with Crippen LogP contribution in [0, 0.1) is 0 Å². The number of amides is 1. The first-order valence-electron chi connectivity index (χ1n) is 8.68. The van der Waals surface area contributed by atoms with E-state index in [-0.39, 0.29) is 12.0 Å². The number of para-hydroxylation sites is 1. The van der Waals surface area contributed by atoms with Crippen molar-refractivity contribution in [1.29, 1.82) is 0 Å². The number of anilines is 2. The van der Waals surface area contributed by atoms with Crippen LogP contribution in [0.15, 0.2) is 54.9 Å². The van der Waals surface area contributed by atoms with Gasteiger partial charge in [0.1, 0.15) is 5.69 Å². The van der Waals surface area contributed by atoms with E-state index >= 15 is 0 Å². The van der Waals surface area contributed by atoms with E-state index in [4.69, 9.17) is 4.74 Å². The van der Waals surface area contributed by atoms with Crippen molar-refractivity contribution in [3.8, 4) is 0 Å². The van der Waals surface area contributed by atoms with Gasteiger partial charge in [0.05, 0.1) is 23.9 Å². The zero-order chi connectivity index (χ0) is 17.9. The summed E-state index contributed by atoms with van der Waals surface area (Å²) >= 11 is 0. The Bertz CT molecular complexity index is 939. The number of benzene rings is 1. The molecule has 3 heterocycles. The number of morpholine rings is 1. The molecule has 0 unspecified atom stereocenters. The van der Waals surface area contributed by atoms with Gasteiger partial charge in [-0.25, -0.2) is 0 Å². The highest BCUT2D eigenvalue weighted by Gasteiger charge is 2.18. The SMILES string of the molecule is C[C@@H]1CN(c2ccnc(C(=O)Nc3cccc4cccnc34)c2)CCO1. The van der Waals surface area contributed by atoms with Crippen molar-refractivity contribution in [2.75, 3.05) is 29.9 Å². The second kappa shape index (κ2) is 7.09. The van der Waals surface area contributed by atoms with Gasteiger partial charge in [-0.2, -0.15) is 0 Å². The summed E-state index contributed by atoms with van der Waals surface area (Å²) in [6.07, 6.45) is 3.57. The summed E-state index contributed by atoms with van der Waals surface area (Å²) in [7, 11) is 0. The van der Waals surface area contributed by atoms with Gasteiger partial charge < -0.3 is 15.0 Å². The van der Waals surface area contributed by atoms with Crippen molar-refractivity contribution in [1.82, 2.24) is 9.97 Å². The van der Waals surface area contributed by atoms with Gasteiger partial charge in [0.25, 0.3) is 5.91 Å². The normalized spacial score (nSPS) is 17.3. The van der Waals surface area contributed by atoms with E-state index in [1.165, 1.54) is 0 Å². The number of fused-ring (bicyclic) bond motifs is 1. The molecule has 0 spiro atoms. The number of rotatable bonds is 3. The molecule has 1 atom stereocenters. The minimum absolute atomic E-state index is 0.177. The standard InChI is InChI=1S/C20H20N4O2/c1-14-13-24(10-11-26-14)16-7-9-21-18(12-16)20(25)23-17-6-2-4-15-5-3-8-22-19(15)17/h2-9,12,14H,10-11,13H2,1H3,(H,23,25)/t14-/m1/s1. The molecule has 1 saturated heterocycles. The number of hydrogen-bond donors (Lipinski definition) is 1. The molecule has 6 nitrogen and oxygen atoms in total. The van der Waals surface area contributed by atoms with Crippen molar-refractivity contribution in [3.63, 3.8) is 0 Å². The van der Waals surface area contributed by atoms with Crippen LogP contribution >= 0.6 is 0 Å². The van der Waals surface area contributed by atoms with E-state index in [1.807, 2.05) is 42.5 Å². The summed E-state index contributed by atoms with van der Waals surface area (Å²) in [5.41, 5.74) is 2.81. The van der Waals surface area contributed by atoms with Crippen LogP contribution in [0.5, 0.6) is 0 Å². The van der Waals surface area contributed by atoms with Crippen LogP contribution in [0.2, 0.25) is 0 Å². The highest BCUT2D eigenvalue weighted by atomic mass is 16.5. The molecule has 1 aliphatic heterocycles. The third kappa shape index (κ3) is 3.36. The zero-order valence-corrected chi connectivity index (χ0v) is 14.6. The highest BCUT2D eigenvalue weighted by molar-refractivity contribution is 6.07. The van der Waals surface area contributed by atoms with E-state index in [0.29, 0.717) is 18.0 Å². The third-order valence-corrected chi connectivity index (χ3v) is 4.46. The second-order valence-electron chi connectivity index (χ2n) is 6.36. The van der Waals surface area contributed by atoms with Crippen LogP contribution in [0.4, 0.5) is 11.4 Å². The lowest BCUT2D eigenvalue weighted by molar-refractivity contribution is 0.0532. The van der Waals surface area contributed by atoms with Gasteiger partial charge >= 0.3 is 0 Å². The van der Waals surface area contributed by atoms with Crippen molar-refractivity contribution in [2.24, 2.45) is 0 Å². The highest BCUT2D eigenvalue weighted by Crippen LogP contribution is 2.22. The lowest BCUT2D eigenvalue weighted by Gasteiger charge is -2.32. The molecule has 6 heteroatoms. The van der Waals surface area contributed by atoms with Crippen LogP contribution < -0.4 is 10.2 Å². The Kier molecular flexibility index (Phi) is 4.50. The van der Waals surface area contributed by atoms with Crippen molar-refractivity contribution >= 4 is 28.2 Å². The summed E-state index contributed by atoms with van der Waals surface area (Å²) in [6, 6.07) is 13.3. The number of carbonyl (C=O) groups excluding carboxylic acids is 1. The number of nitrogens with zero attached hydrogens (tertiary/aromatic N) is 3. The molecule has 26 heavy (non-hydrogen) atoms. The van der Waals surface area contributed by atoms with Crippen LogP contribution in [0.25, 0.3) is 10.9 Å². The summed E-state index contributed by atoms with van der Waals surface area (Å²) < 4.78 is 5.58. The summed E-state index contributed by atoms with van der Waals surface area (Å²) in [5.74, 6) is -0.244. The smallest absolute Gasteiger partial charge is 0.274 e. The molecule has 4 rings (SSSR count). The van der Waals surface area contributed by atoms with Gasteiger partial charge in [-0.05, 0) is 31.2 Å².